The van der Waals surface area contributed by atoms with Crippen molar-refractivity contribution in [2.24, 2.45) is 5.92 Å². The lowest BCUT2D eigenvalue weighted by Crippen LogP contribution is -2.32. The first-order valence-corrected chi connectivity index (χ1v) is 13.1. The van der Waals surface area contributed by atoms with E-state index in [9.17, 15) is 14.7 Å². The number of nitrogens with zero attached hydrogens (tertiary/aromatic N) is 2. The van der Waals surface area contributed by atoms with E-state index >= 15 is 0 Å². The van der Waals surface area contributed by atoms with Gasteiger partial charge in [-0.2, -0.15) is 0 Å². The van der Waals surface area contributed by atoms with E-state index in [0.717, 1.165) is 29.7 Å². The maximum atomic E-state index is 13.3. The molecular formula is C31H42N2O4. The zero-order chi connectivity index (χ0) is 27.5. The molecule has 0 radical (unpaired) electrons. The van der Waals surface area contributed by atoms with Crippen LogP contribution in [0.25, 0.3) is 5.76 Å². The number of aliphatic hydroxyl groups is 1. The minimum Gasteiger partial charge on any atom is -0.507 e. The summed E-state index contributed by atoms with van der Waals surface area (Å²) < 4.78 is 5.83. The first kappa shape index (κ1) is 28.5. The zero-order valence-electron chi connectivity index (χ0n) is 23.6. The van der Waals surface area contributed by atoms with Gasteiger partial charge in [0, 0.05) is 12.1 Å². The highest BCUT2D eigenvalue weighted by Crippen LogP contribution is 2.40. The number of carbonyl (C=O) groups is 2. The Labute approximate surface area is 221 Å². The predicted molar refractivity (Wildman–Crippen MR) is 149 cm³/mol. The summed E-state index contributed by atoms with van der Waals surface area (Å²) in [6.45, 7) is 14.3. The lowest BCUT2D eigenvalue weighted by Gasteiger charge is -2.27. The van der Waals surface area contributed by atoms with Crippen molar-refractivity contribution < 1.29 is 19.4 Å². The van der Waals surface area contributed by atoms with Gasteiger partial charge in [-0.25, -0.2) is 0 Å². The monoisotopic (exact) mass is 506 g/mol. The van der Waals surface area contributed by atoms with Crippen LogP contribution in [0.4, 0.5) is 0 Å². The van der Waals surface area contributed by atoms with Gasteiger partial charge in [0.25, 0.3) is 11.7 Å². The van der Waals surface area contributed by atoms with Crippen LogP contribution in [-0.4, -0.2) is 60.4 Å². The third-order valence-electron chi connectivity index (χ3n) is 6.67. The summed E-state index contributed by atoms with van der Waals surface area (Å²) in [7, 11) is 3.96. The number of Topliss-reactive ketones (excluding diaryl/α,β-unsaturated/α-hetero) is 1. The molecule has 1 atom stereocenters. The second-order valence-electron chi connectivity index (χ2n) is 11.7. The third-order valence-corrected chi connectivity index (χ3v) is 6.67. The molecule has 2 aromatic carbocycles. The van der Waals surface area contributed by atoms with Gasteiger partial charge in [-0.1, -0.05) is 58.9 Å². The smallest absolute Gasteiger partial charge is 0.295 e. The number of amides is 1. The number of rotatable bonds is 9. The molecule has 0 aliphatic carbocycles. The van der Waals surface area contributed by atoms with Gasteiger partial charge in [-0.15, -0.1) is 0 Å². The number of ether oxygens (including phenoxy) is 1. The normalized spacial score (nSPS) is 17.8. The largest absolute Gasteiger partial charge is 0.507 e. The third kappa shape index (κ3) is 6.61. The maximum Gasteiger partial charge on any atom is 0.295 e. The number of aryl methyl sites for hydroxylation is 1. The molecule has 0 saturated carbocycles. The maximum absolute atomic E-state index is 13.3. The zero-order valence-corrected chi connectivity index (χ0v) is 23.6. The minimum atomic E-state index is -0.646. The Morgan fingerprint density at radius 2 is 1.73 bits per heavy atom. The van der Waals surface area contributed by atoms with Crippen LogP contribution in [0, 0.1) is 12.8 Å². The fourth-order valence-electron chi connectivity index (χ4n) is 4.58. The molecule has 0 aromatic heterocycles. The molecule has 0 unspecified atom stereocenters. The Kier molecular flexibility index (Phi) is 8.85. The highest BCUT2D eigenvalue weighted by atomic mass is 16.5. The van der Waals surface area contributed by atoms with Crippen LogP contribution in [0.5, 0.6) is 5.75 Å². The van der Waals surface area contributed by atoms with Gasteiger partial charge in [0.2, 0.25) is 0 Å². The molecule has 3 rings (SSSR count). The minimum absolute atomic E-state index is 0.0252. The summed E-state index contributed by atoms with van der Waals surface area (Å²) in [5, 5.41) is 11.5. The van der Waals surface area contributed by atoms with Crippen molar-refractivity contribution in [3.8, 4) is 5.75 Å². The molecule has 1 aliphatic rings. The van der Waals surface area contributed by atoms with Crippen molar-refractivity contribution in [3.05, 3.63) is 70.3 Å². The molecule has 200 valence electrons. The summed E-state index contributed by atoms with van der Waals surface area (Å²) in [4.78, 5) is 30.2. The molecule has 1 fully saturated rings. The van der Waals surface area contributed by atoms with Gasteiger partial charge >= 0.3 is 0 Å². The fraction of sp³-hybridized carbons (Fsp3) is 0.484. The topological polar surface area (TPSA) is 70.1 Å². The molecule has 1 N–H and O–H groups in total. The highest BCUT2D eigenvalue weighted by molar-refractivity contribution is 6.46. The van der Waals surface area contributed by atoms with E-state index in [2.05, 4.69) is 39.5 Å². The molecule has 6 nitrogen and oxygen atoms in total. The Balaban J connectivity index is 2.07. The van der Waals surface area contributed by atoms with E-state index in [1.54, 1.807) is 17.0 Å². The number of likely N-dealkylation sites (tertiary alicyclic amines) is 1. The number of benzene rings is 2. The number of hydrogen-bond acceptors (Lipinski definition) is 5. The predicted octanol–water partition coefficient (Wildman–Crippen LogP) is 5.70. The van der Waals surface area contributed by atoms with E-state index in [4.69, 9.17) is 4.74 Å². The second kappa shape index (κ2) is 11.5. The molecule has 1 saturated heterocycles. The Hall–Kier alpha value is -3.12. The number of hydrogen-bond donors (Lipinski definition) is 1. The standard InChI is InChI=1S/C31H42N2O4/c1-20(2)19-37-24-14-15-25(21(3)18-24)28(34)26-27(22-10-12-23(13-11-22)31(4,5)6)33(30(36)29(26)35)17-9-16-32(7)8/h10-15,18,20,27,34H,9,16-17,19H2,1-8H3/t27-/m0/s1. The van der Waals surface area contributed by atoms with E-state index in [1.807, 2.05) is 51.4 Å². The molecule has 37 heavy (non-hydrogen) atoms. The molecule has 1 heterocycles. The van der Waals surface area contributed by atoms with Crippen molar-refractivity contribution in [3.63, 3.8) is 0 Å². The fourth-order valence-corrected chi connectivity index (χ4v) is 4.58. The average Bonchev–Trinajstić information content (AvgIpc) is 3.06. The molecule has 1 aliphatic heterocycles. The number of ketones is 1. The Bertz CT molecular complexity index is 1160. The summed E-state index contributed by atoms with van der Waals surface area (Å²) >= 11 is 0. The quantitative estimate of drug-likeness (QED) is 0.268. The molecule has 0 bridgehead atoms. The van der Waals surface area contributed by atoms with Gasteiger partial charge in [0.1, 0.15) is 11.5 Å². The van der Waals surface area contributed by atoms with Crippen LogP contribution in [0.2, 0.25) is 0 Å². The van der Waals surface area contributed by atoms with Crippen LogP contribution in [0.1, 0.15) is 69.3 Å². The second-order valence-corrected chi connectivity index (χ2v) is 11.7. The van der Waals surface area contributed by atoms with Gasteiger partial charge in [-0.3, -0.25) is 9.59 Å². The van der Waals surface area contributed by atoms with Crippen molar-refractivity contribution >= 4 is 17.4 Å². The van der Waals surface area contributed by atoms with E-state index in [0.29, 0.717) is 30.4 Å². The van der Waals surface area contributed by atoms with E-state index in [1.165, 1.54) is 0 Å². The SMILES string of the molecule is Cc1cc(OCC(C)C)ccc1C(O)=C1C(=O)C(=O)N(CCCN(C)C)[C@H]1c1ccc(C(C)(C)C)cc1. The van der Waals surface area contributed by atoms with Crippen molar-refractivity contribution in [2.45, 2.75) is 59.4 Å². The summed E-state index contributed by atoms with van der Waals surface area (Å²) in [6, 6.07) is 12.8. The average molecular weight is 507 g/mol. The van der Waals surface area contributed by atoms with Crippen LogP contribution in [0.3, 0.4) is 0 Å². The van der Waals surface area contributed by atoms with Crippen LogP contribution >= 0.6 is 0 Å². The first-order chi connectivity index (χ1) is 17.3. The number of carbonyl (C=O) groups excluding carboxylic acids is 2. The first-order valence-electron chi connectivity index (χ1n) is 13.1. The van der Waals surface area contributed by atoms with Crippen molar-refractivity contribution in [1.29, 1.82) is 0 Å². The molecular weight excluding hydrogens is 464 g/mol. The van der Waals surface area contributed by atoms with Gasteiger partial charge in [0.15, 0.2) is 0 Å². The summed E-state index contributed by atoms with van der Waals surface area (Å²) in [5.41, 5.74) is 3.39. The molecule has 0 spiro atoms. The van der Waals surface area contributed by atoms with E-state index < -0.39 is 17.7 Å². The van der Waals surface area contributed by atoms with Crippen LogP contribution < -0.4 is 4.74 Å². The summed E-state index contributed by atoms with van der Waals surface area (Å²) in [6.07, 6.45) is 0.720. The van der Waals surface area contributed by atoms with Gasteiger partial charge in [-0.05, 0) is 80.2 Å². The molecule has 1 amide bonds. The van der Waals surface area contributed by atoms with Gasteiger partial charge < -0.3 is 19.6 Å². The van der Waals surface area contributed by atoms with Crippen LogP contribution in [-0.2, 0) is 15.0 Å². The van der Waals surface area contributed by atoms with E-state index in [-0.39, 0.29) is 16.7 Å². The molecule has 6 heteroatoms. The van der Waals surface area contributed by atoms with Gasteiger partial charge in [0.05, 0.1) is 18.2 Å². The van der Waals surface area contributed by atoms with Crippen LogP contribution in [0.15, 0.2) is 48.0 Å². The van der Waals surface area contributed by atoms with Crippen molar-refractivity contribution in [1.82, 2.24) is 9.80 Å². The Morgan fingerprint density at radius 3 is 2.27 bits per heavy atom. The number of aliphatic hydroxyl groups excluding tert-OH is 1. The lowest BCUT2D eigenvalue weighted by atomic mass is 9.85. The highest BCUT2D eigenvalue weighted by Gasteiger charge is 2.46. The van der Waals surface area contributed by atoms with Crippen molar-refractivity contribution in [2.75, 3.05) is 33.8 Å². The molecule has 2 aromatic rings. The Morgan fingerprint density at radius 1 is 1.08 bits per heavy atom. The lowest BCUT2D eigenvalue weighted by molar-refractivity contribution is -0.139. The summed E-state index contributed by atoms with van der Waals surface area (Å²) in [5.74, 6) is -0.263.